The minimum Gasteiger partial charge on any atom is -0.376 e. The summed E-state index contributed by atoms with van der Waals surface area (Å²) in [7, 11) is 0. The van der Waals surface area contributed by atoms with Gasteiger partial charge in [0.05, 0.1) is 37.6 Å². The predicted molar refractivity (Wildman–Crippen MR) is 79.1 cm³/mol. The summed E-state index contributed by atoms with van der Waals surface area (Å²) in [5.74, 6) is -0.145. The molecule has 1 amide bonds. The van der Waals surface area contributed by atoms with Gasteiger partial charge in [0, 0.05) is 29.8 Å². The van der Waals surface area contributed by atoms with Gasteiger partial charge in [0.1, 0.15) is 0 Å². The lowest BCUT2D eigenvalue weighted by Gasteiger charge is -2.14. The smallest absolute Gasteiger partial charge is 0.251 e. The Morgan fingerprint density at radius 3 is 3.00 bits per heavy atom. The van der Waals surface area contributed by atoms with Gasteiger partial charge in [-0.1, -0.05) is 0 Å². The van der Waals surface area contributed by atoms with Gasteiger partial charge in [-0.2, -0.15) is 10.4 Å². The Morgan fingerprint density at radius 1 is 1.41 bits per heavy atom. The maximum atomic E-state index is 12.0. The molecular formula is C16H16N4O2. The van der Waals surface area contributed by atoms with Crippen molar-refractivity contribution < 1.29 is 9.53 Å². The number of amides is 1. The Hall–Kier alpha value is -2.65. The van der Waals surface area contributed by atoms with E-state index in [0.717, 1.165) is 18.6 Å². The number of aromatic nitrogens is 2. The van der Waals surface area contributed by atoms with Crippen LogP contribution in [-0.2, 0) is 24.3 Å². The van der Waals surface area contributed by atoms with Gasteiger partial charge < -0.3 is 10.1 Å². The molecule has 1 aliphatic heterocycles. The normalized spacial score (nSPS) is 13.2. The number of hydrogen-bond donors (Lipinski definition) is 1. The molecule has 112 valence electrons. The fourth-order valence-corrected chi connectivity index (χ4v) is 2.48. The van der Waals surface area contributed by atoms with Crippen LogP contribution < -0.4 is 5.32 Å². The zero-order chi connectivity index (χ0) is 15.4. The van der Waals surface area contributed by atoms with Crippen LogP contribution in [0.2, 0.25) is 0 Å². The van der Waals surface area contributed by atoms with E-state index >= 15 is 0 Å². The molecule has 0 bridgehead atoms. The highest BCUT2D eigenvalue weighted by atomic mass is 16.5. The van der Waals surface area contributed by atoms with Crippen molar-refractivity contribution in [3.8, 4) is 6.07 Å². The molecule has 0 unspecified atom stereocenters. The number of hydrogen-bond acceptors (Lipinski definition) is 4. The lowest BCUT2D eigenvalue weighted by Crippen LogP contribution is -2.28. The highest BCUT2D eigenvalue weighted by Crippen LogP contribution is 2.15. The zero-order valence-electron chi connectivity index (χ0n) is 12.1. The summed E-state index contributed by atoms with van der Waals surface area (Å²) in [5.41, 5.74) is 3.42. The van der Waals surface area contributed by atoms with E-state index in [1.165, 1.54) is 5.69 Å². The first-order valence-corrected chi connectivity index (χ1v) is 7.17. The number of nitriles is 1. The molecule has 6 heteroatoms. The van der Waals surface area contributed by atoms with Gasteiger partial charge in [-0.3, -0.25) is 9.48 Å². The largest absolute Gasteiger partial charge is 0.376 e. The Kier molecular flexibility index (Phi) is 4.17. The molecule has 1 aliphatic rings. The summed E-state index contributed by atoms with van der Waals surface area (Å²) in [6, 6.07) is 8.61. The van der Waals surface area contributed by atoms with E-state index in [0.29, 0.717) is 30.8 Å². The van der Waals surface area contributed by atoms with Crippen molar-refractivity contribution in [3.63, 3.8) is 0 Å². The summed E-state index contributed by atoms with van der Waals surface area (Å²) in [6.07, 6.45) is 2.69. The Bertz CT molecular complexity index is 713. The quantitative estimate of drug-likeness (QED) is 0.921. The number of nitrogens with one attached hydrogen (secondary N) is 1. The highest BCUT2D eigenvalue weighted by molar-refractivity contribution is 5.94. The number of fused-ring (bicyclic) bond motifs is 1. The van der Waals surface area contributed by atoms with Crippen LogP contribution in [0.15, 0.2) is 30.5 Å². The topological polar surface area (TPSA) is 79.9 Å². The van der Waals surface area contributed by atoms with Crippen molar-refractivity contribution in [1.82, 2.24) is 15.1 Å². The standard InChI is InChI=1S/C16H16N4O2/c17-9-12-1-3-13(4-2-12)16(21)18-6-7-20-15-5-8-22-11-14(15)10-19-20/h1-4,10H,5-8,11H2,(H,18,21). The monoisotopic (exact) mass is 296 g/mol. The number of ether oxygens (including phenoxy) is 1. The van der Waals surface area contributed by atoms with Crippen LogP contribution in [0.5, 0.6) is 0 Å². The van der Waals surface area contributed by atoms with E-state index in [9.17, 15) is 4.79 Å². The molecule has 6 nitrogen and oxygen atoms in total. The summed E-state index contributed by atoms with van der Waals surface area (Å²) in [5, 5.41) is 15.9. The van der Waals surface area contributed by atoms with Gasteiger partial charge in [-0.05, 0) is 24.3 Å². The fraction of sp³-hybridized carbons (Fsp3) is 0.312. The van der Waals surface area contributed by atoms with Gasteiger partial charge in [-0.25, -0.2) is 0 Å². The molecule has 2 aromatic rings. The maximum absolute atomic E-state index is 12.0. The average Bonchev–Trinajstić information content (AvgIpc) is 2.98. The second-order valence-electron chi connectivity index (χ2n) is 5.09. The van der Waals surface area contributed by atoms with Crippen molar-refractivity contribution in [2.45, 2.75) is 19.6 Å². The second kappa shape index (κ2) is 6.41. The number of carbonyl (C=O) groups excluding carboxylic acids is 1. The molecule has 3 rings (SSSR count). The number of benzene rings is 1. The Morgan fingerprint density at radius 2 is 2.23 bits per heavy atom. The summed E-state index contributed by atoms with van der Waals surface area (Å²) in [6.45, 7) is 2.48. The molecule has 0 atom stereocenters. The van der Waals surface area contributed by atoms with Gasteiger partial charge >= 0.3 is 0 Å². The van der Waals surface area contributed by atoms with E-state index in [4.69, 9.17) is 10.00 Å². The van der Waals surface area contributed by atoms with E-state index in [1.807, 2.05) is 16.9 Å². The number of carbonyl (C=O) groups is 1. The van der Waals surface area contributed by atoms with Crippen LogP contribution in [0.4, 0.5) is 0 Å². The van der Waals surface area contributed by atoms with Crippen molar-refractivity contribution in [3.05, 3.63) is 52.8 Å². The third kappa shape index (κ3) is 3.00. The molecule has 0 saturated heterocycles. The van der Waals surface area contributed by atoms with Crippen LogP contribution in [-0.4, -0.2) is 28.8 Å². The molecule has 0 radical (unpaired) electrons. The third-order valence-corrected chi connectivity index (χ3v) is 3.66. The van der Waals surface area contributed by atoms with Crippen molar-refractivity contribution >= 4 is 5.91 Å². The molecule has 0 fully saturated rings. The van der Waals surface area contributed by atoms with Gasteiger partial charge in [0.15, 0.2) is 0 Å². The lowest BCUT2D eigenvalue weighted by molar-refractivity contribution is 0.0950. The predicted octanol–water partition coefficient (Wildman–Crippen LogP) is 1.26. The van der Waals surface area contributed by atoms with E-state index < -0.39 is 0 Å². The van der Waals surface area contributed by atoms with Crippen LogP contribution >= 0.6 is 0 Å². The third-order valence-electron chi connectivity index (χ3n) is 3.66. The first-order valence-electron chi connectivity index (χ1n) is 7.17. The van der Waals surface area contributed by atoms with Crippen LogP contribution in [0.3, 0.4) is 0 Å². The molecule has 0 spiro atoms. The van der Waals surface area contributed by atoms with E-state index in [1.54, 1.807) is 24.3 Å². The first-order chi connectivity index (χ1) is 10.8. The summed E-state index contributed by atoms with van der Waals surface area (Å²) < 4.78 is 7.31. The van der Waals surface area contributed by atoms with Gasteiger partial charge in [-0.15, -0.1) is 0 Å². The first kappa shape index (κ1) is 14.3. The second-order valence-corrected chi connectivity index (χ2v) is 5.09. The molecule has 0 saturated carbocycles. The average molecular weight is 296 g/mol. The van der Waals surface area contributed by atoms with E-state index in [2.05, 4.69) is 10.4 Å². The number of nitrogens with zero attached hydrogens (tertiary/aromatic N) is 3. The Balaban J connectivity index is 1.55. The molecule has 1 N–H and O–H groups in total. The van der Waals surface area contributed by atoms with Crippen LogP contribution in [0, 0.1) is 11.3 Å². The minimum atomic E-state index is -0.145. The summed E-state index contributed by atoms with van der Waals surface area (Å²) in [4.78, 5) is 12.0. The van der Waals surface area contributed by atoms with Crippen molar-refractivity contribution in [2.75, 3.05) is 13.2 Å². The minimum absolute atomic E-state index is 0.145. The lowest BCUT2D eigenvalue weighted by atomic mass is 10.1. The molecule has 1 aromatic heterocycles. The molecule has 22 heavy (non-hydrogen) atoms. The molecular weight excluding hydrogens is 280 g/mol. The maximum Gasteiger partial charge on any atom is 0.251 e. The van der Waals surface area contributed by atoms with Gasteiger partial charge in [0.2, 0.25) is 0 Å². The van der Waals surface area contributed by atoms with Crippen molar-refractivity contribution in [1.29, 1.82) is 5.26 Å². The van der Waals surface area contributed by atoms with Crippen LogP contribution in [0.25, 0.3) is 0 Å². The zero-order valence-corrected chi connectivity index (χ0v) is 12.1. The molecule has 0 aliphatic carbocycles. The summed E-state index contributed by atoms with van der Waals surface area (Å²) >= 11 is 0. The van der Waals surface area contributed by atoms with Crippen molar-refractivity contribution in [2.24, 2.45) is 0 Å². The molecule has 1 aromatic carbocycles. The fourth-order valence-electron chi connectivity index (χ4n) is 2.48. The van der Waals surface area contributed by atoms with E-state index in [-0.39, 0.29) is 5.91 Å². The van der Waals surface area contributed by atoms with Gasteiger partial charge in [0.25, 0.3) is 5.91 Å². The SMILES string of the molecule is N#Cc1ccc(C(=O)NCCn2ncc3c2CCOC3)cc1. The van der Waals surface area contributed by atoms with Crippen LogP contribution in [0.1, 0.15) is 27.2 Å². The molecule has 2 heterocycles. The Labute approximate surface area is 128 Å². The highest BCUT2D eigenvalue weighted by Gasteiger charge is 2.15. The number of rotatable bonds is 4.